The highest BCUT2D eigenvalue weighted by Gasteiger charge is 2.14. The SMILES string of the molecule is O=Cc1cc(Cl)oc1-c1cccc([N+](=O)[O-])c1. The molecule has 0 aliphatic heterocycles. The maximum Gasteiger partial charge on any atom is 0.270 e. The summed E-state index contributed by atoms with van der Waals surface area (Å²) in [5.41, 5.74) is 0.621. The summed E-state index contributed by atoms with van der Waals surface area (Å²) in [7, 11) is 0. The first kappa shape index (κ1) is 11.3. The lowest BCUT2D eigenvalue weighted by atomic mass is 10.1. The molecule has 1 aromatic heterocycles. The van der Waals surface area contributed by atoms with Gasteiger partial charge in [0.15, 0.2) is 11.5 Å². The molecule has 0 spiro atoms. The second kappa shape index (κ2) is 4.39. The van der Waals surface area contributed by atoms with Crippen molar-refractivity contribution in [2.45, 2.75) is 0 Å². The van der Waals surface area contributed by atoms with E-state index in [1.165, 1.54) is 24.3 Å². The summed E-state index contributed by atoms with van der Waals surface area (Å²) >= 11 is 5.64. The van der Waals surface area contributed by atoms with Gasteiger partial charge in [0.05, 0.1) is 10.5 Å². The van der Waals surface area contributed by atoms with E-state index in [-0.39, 0.29) is 22.2 Å². The molecule has 0 saturated heterocycles. The van der Waals surface area contributed by atoms with Crippen molar-refractivity contribution in [1.29, 1.82) is 0 Å². The van der Waals surface area contributed by atoms with Gasteiger partial charge in [-0.1, -0.05) is 12.1 Å². The Morgan fingerprint density at radius 3 is 2.76 bits per heavy atom. The Kier molecular flexibility index (Phi) is 2.93. The molecule has 0 bridgehead atoms. The van der Waals surface area contributed by atoms with Crippen LogP contribution in [0.15, 0.2) is 34.7 Å². The number of aldehydes is 1. The van der Waals surface area contributed by atoms with Gasteiger partial charge in [0, 0.05) is 23.8 Å². The molecule has 2 aromatic rings. The number of nitrogens with zero attached hydrogens (tertiary/aromatic N) is 1. The van der Waals surface area contributed by atoms with Crippen molar-refractivity contribution in [1.82, 2.24) is 0 Å². The fourth-order valence-corrected chi connectivity index (χ4v) is 1.64. The lowest BCUT2D eigenvalue weighted by Crippen LogP contribution is -1.88. The normalized spacial score (nSPS) is 10.2. The number of carbonyl (C=O) groups excluding carboxylic acids is 1. The maximum absolute atomic E-state index is 10.8. The van der Waals surface area contributed by atoms with E-state index < -0.39 is 4.92 Å². The molecule has 5 nitrogen and oxygen atoms in total. The number of non-ortho nitro benzene ring substituents is 1. The second-order valence-electron chi connectivity index (χ2n) is 3.26. The van der Waals surface area contributed by atoms with Gasteiger partial charge in [0.1, 0.15) is 5.76 Å². The highest BCUT2D eigenvalue weighted by Crippen LogP contribution is 2.30. The Morgan fingerprint density at radius 1 is 1.35 bits per heavy atom. The van der Waals surface area contributed by atoms with Crippen LogP contribution in [0.5, 0.6) is 0 Å². The minimum atomic E-state index is -0.519. The van der Waals surface area contributed by atoms with Crippen LogP contribution in [0, 0.1) is 10.1 Å². The highest BCUT2D eigenvalue weighted by molar-refractivity contribution is 6.29. The van der Waals surface area contributed by atoms with Crippen LogP contribution in [0.4, 0.5) is 5.69 Å². The van der Waals surface area contributed by atoms with Gasteiger partial charge < -0.3 is 4.42 Å². The molecule has 17 heavy (non-hydrogen) atoms. The largest absolute Gasteiger partial charge is 0.444 e. The van der Waals surface area contributed by atoms with Crippen molar-refractivity contribution >= 4 is 23.6 Å². The molecular weight excluding hydrogens is 246 g/mol. The van der Waals surface area contributed by atoms with Crippen molar-refractivity contribution < 1.29 is 14.1 Å². The number of nitro groups is 1. The van der Waals surface area contributed by atoms with E-state index in [9.17, 15) is 14.9 Å². The van der Waals surface area contributed by atoms with E-state index in [1.54, 1.807) is 6.07 Å². The Hall–Kier alpha value is -2.14. The smallest absolute Gasteiger partial charge is 0.270 e. The van der Waals surface area contributed by atoms with Gasteiger partial charge in [0.2, 0.25) is 0 Å². The molecule has 2 rings (SSSR count). The van der Waals surface area contributed by atoms with E-state index in [4.69, 9.17) is 16.0 Å². The van der Waals surface area contributed by atoms with Gasteiger partial charge in [-0.15, -0.1) is 0 Å². The van der Waals surface area contributed by atoms with Crippen LogP contribution in [0.1, 0.15) is 10.4 Å². The summed E-state index contributed by atoms with van der Waals surface area (Å²) < 4.78 is 5.14. The average Bonchev–Trinajstić information content (AvgIpc) is 2.70. The minimum absolute atomic E-state index is 0.0635. The second-order valence-corrected chi connectivity index (χ2v) is 3.63. The molecule has 0 saturated carbocycles. The number of furan rings is 1. The van der Waals surface area contributed by atoms with Crippen molar-refractivity contribution in [3.8, 4) is 11.3 Å². The standard InChI is InChI=1S/C11H6ClNO4/c12-10-5-8(6-14)11(17-10)7-2-1-3-9(4-7)13(15)16/h1-6H. The van der Waals surface area contributed by atoms with Gasteiger partial charge in [0.25, 0.3) is 5.69 Å². The van der Waals surface area contributed by atoms with Crippen LogP contribution in [0.3, 0.4) is 0 Å². The molecule has 1 aromatic carbocycles. The van der Waals surface area contributed by atoms with Crippen molar-refractivity contribution in [2.24, 2.45) is 0 Å². The van der Waals surface area contributed by atoms with Crippen molar-refractivity contribution in [3.05, 3.63) is 51.2 Å². The zero-order chi connectivity index (χ0) is 12.4. The number of benzene rings is 1. The highest BCUT2D eigenvalue weighted by atomic mass is 35.5. The van der Waals surface area contributed by atoms with Gasteiger partial charge in [-0.3, -0.25) is 14.9 Å². The summed E-state index contributed by atoms with van der Waals surface area (Å²) in [4.78, 5) is 20.9. The Labute approximate surface area is 101 Å². The summed E-state index contributed by atoms with van der Waals surface area (Å²) in [5.74, 6) is 0.230. The van der Waals surface area contributed by atoms with Gasteiger partial charge >= 0.3 is 0 Å². The number of hydrogen-bond donors (Lipinski definition) is 0. The van der Waals surface area contributed by atoms with Crippen LogP contribution in [0.2, 0.25) is 5.22 Å². The summed E-state index contributed by atoms with van der Waals surface area (Å²) in [5, 5.41) is 10.7. The minimum Gasteiger partial charge on any atom is -0.444 e. The molecule has 0 radical (unpaired) electrons. The predicted octanol–water partition coefficient (Wildman–Crippen LogP) is 3.32. The third-order valence-corrected chi connectivity index (χ3v) is 2.36. The number of nitro benzene ring substituents is 1. The average molecular weight is 252 g/mol. The van der Waals surface area contributed by atoms with Gasteiger partial charge in [-0.25, -0.2) is 0 Å². The summed E-state index contributed by atoms with van der Waals surface area (Å²) in [6, 6.07) is 7.16. The lowest BCUT2D eigenvalue weighted by Gasteiger charge is -1.98. The van der Waals surface area contributed by atoms with E-state index in [2.05, 4.69) is 0 Å². The fourth-order valence-electron chi connectivity index (χ4n) is 1.45. The van der Waals surface area contributed by atoms with Crippen molar-refractivity contribution in [3.63, 3.8) is 0 Å². The van der Waals surface area contributed by atoms with Crippen molar-refractivity contribution in [2.75, 3.05) is 0 Å². The van der Waals surface area contributed by atoms with E-state index >= 15 is 0 Å². The van der Waals surface area contributed by atoms with Crippen LogP contribution in [-0.2, 0) is 0 Å². The fraction of sp³-hybridized carbons (Fsp3) is 0. The molecule has 0 N–H and O–H groups in total. The Balaban J connectivity index is 2.55. The van der Waals surface area contributed by atoms with Crippen LogP contribution in [0.25, 0.3) is 11.3 Å². The topological polar surface area (TPSA) is 73.3 Å². The molecular formula is C11H6ClNO4. The Bertz CT molecular complexity index is 591. The van der Waals surface area contributed by atoms with Crippen LogP contribution in [-0.4, -0.2) is 11.2 Å². The predicted molar refractivity (Wildman–Crippen MR) is 61.2 cm³/mol. The van der Waals surface area contributed by atoms with Crippen LogP contribution < -0.4 is 0 Å². The summed E-state index contributed by atoms with van der Waals surface area (Å²) in [6.07, 6.45) is 0.587. The molecule has 0 unspecified atom stereocenters. The number of rotatable bonds is 3. The first-order valence-electron chi connectivity index (χ1n) is 4.61. The van der Waals surface area contributed by atoms with E-state index in [1.807, 2.05) is 0 Å². The van der Waals surface area contributed by atoms with Gasteiger partial charge in [-0.2, -0.15) is 0 Å². The first-order chi connectivity index (χ1) is 8.11. The molecule has 1 heterocycles. The number of hydrogen-bond acceptors (Lipinski definition) is 4. The molecule has 6 heteroatoms. The monoisotopic (exact) mass is 251 g/mol. The van der Waals surface area contributed by atoms with E-state index in [0.717, 1.165) is 0 Å². The number of halogens is 1. The molecule has 0 fully saturated rings. The zero-order valence-corrected chi connectivity index (χ0v) is 9.18. The third-order valence-electron chi connectivity index (χ3n) is 2.18. The quantitative estimate of drug-likeness (QED) is 0.476. The Morgan fingerprint density at radius 2 is 2.12 bits per heavy atom. The number of carbonyl (C=O) groups is 1. The molecule has 0 aliphatic carbocycles. The lowest BCUT2D eigenvalue weighted by molar-refractivity contribution is -0.384. The van der Waals surface area contributed by atoms with E-state index in [0.29, 0.717) is 11.8 Å². The third kappa shape index (κ3) is 2.19. The molecule has 86 valence electrons. The molecule has 0 atom stereocenters. The molecule has 0 amide bonds. The first-order valence-corrected chi connectivity index (χ1v) is 4.99. The zero-order valence-electron chi connectivity index (χ0n) is 8.42. The van der Waals surface area contributed by atoms with Crippen LogP contribution >= 0.6 is 11.6 Å². The maximum atomic E-state index is 10.8. The summed E-state index contributed by atoms with van der Waals surface area (Å²) in [6.45, 7) is 0. The van der Waals surface area contributed by atoms with Gasteiger partial charge in [-0.05, 0) is 11.6 Å². The molecule has 0 aliphatic rings.